The Balaban J connectivity index is 1.17. The molecule has 3 heteroatoms. The predicted molar refractivity (Wildman–Crippen MR) is 210 cm³/mol. The SMILES string of the molecule is C1=CC(c2cc(-c3ccccc3)nc(-n3c4ccccc4c4cc(-c5ccc6c(c5)c5ccccc5n6-c5ccccc5)ccc43)c2)=CCC1. The molecule has 0 amide bonds. The van der Waals surface area contributed by atoms with E-state index in [0.29, 0.717) is 0 Å². The zero-order chi connectivity index (χ0) is 33.0. The summed E-state index contributed by atoms with van der Waals surface area (Å²) in [5.74, 6) is 0.926. The van der Waals surface area contributed by atoms with Crippen molar-refractivity contribution in [2.45, 2.75) is 12.8 Å². The summed E-state index contributed by atoms with van der Waals surface area (Å²) in [7, 11) is 0. The molecule has 0 N–H and O–H groups in total. The van der Waals surface area contributed by atoms with Gasteiger partial charge in [0.15, 0.2) is 0 Å². The van der Waals surface area contributed by atoms with Crippen LogP contribution in [0, 0.1) is 0 Å². The molecule has 1 aliphatic carbocycles. The van der Waals surface area contributed by atoms with Crippen molar-refractivity contribution in [3.63, 3.8) is 0 Å². The maximum Gasteiger partial charge on any atom is 0.138 e. The normalized spacial score (nSPS) is 13.1. The van der Waals surface area contributed by atoms with Crippen LogP contribution in [0.25, 0.3) is 83.1 Å². The third-order valence-electron chi connectivity index (χ3n) is 10.1. The van der Waals surface area contributed by atoms with E-state index in [0.717, 1.165) is 41.0 Å². The topological polar surface area (TPSA) is 22.8 Å². The molecule has 0 saturated carbocycles. The van der Waals surface area contributed by atoms with E-state index in [1.165, 1.54) is 60.5 Å². The molecule has 0 bridgehead atoms. The summed E-state index contributed by atoms with van der Waals surface area (Å²) < 4.78 is 4.71. The van der Waals surface area contributed by atoms with E-state index in [-0.39, 0.29) is 0 Å². The molecule has 3 heterocycles. The molecule has 0 saturated heterocycles. The second kappa shape index (κ2) is 11.6. The largest absolute Gasteiger partial charge is 0.309 e. The van der Waals surface area contributed by atoms with Gasteiger partial charge in [0.05, 0.1) is 27.8 Å². The van der Waals surface area contributed by atoms with Gasteiger partial charge in [-0.3, -0.25) is 4.57 Å². The first kappa shape index (κ1) is 28.6. The minimum absolute atomic E-state index is 0.926. The van der Waals surface area contributed by atoms with Crippen molar-refractivity contribution in [1.29, 1.82) is 0 Å². The quantitative estimate of drug-likeness (QED) is 0.184. The van der Waals surface area contributed by atoms with Crippen molar-refractivity contribution < 1.29 is 0 Å². The molecule has 0 atom stereocenters. The molecule has 10 rings (SSSR count). The Kier molecular flexibility index (Phi) is 6.63. The van der Waals surface area contributed by atoms with Crippen molar-refractivity contribution in [2.75, 3.05) is 0 Å². The smallest absolute Gasteiger partial charge is 0.138 e. The van der Waals surface area contributed by atoms with Gasteiger partial charge in [0, 0.05) is 32.8 Å². The summed E-state index contributed by atoms with van der Waals surface area (Å²) in [5, 5.41) is 4.95. The van der Waals surface area contributed by atoms with Gasteiger partial charge in [-0.15, -0.1) is 0 Å². The first-order chi connectivity index (χ1) is 24.8. The van der Waals surface area contributed by atoms with E-state index in [1.807, 2.05) is 0 Å². The van der Waals surface area contributed by atoms with E-state index in [9.17, 15) is 0 Å². The number of aromatic nitrogens is 3. The molecule has 6 aromatic carbocycles. The Labute approximate surface area is 290 Å². The number of fused-ring (bicyclic) bond motifs is 6. The van der Waals surface area contributed by atoms with Crippen LogP contribution in [0.5, 0.6) is 0 Å². The lowest BCUT2D eigenvalue weighted by atomic mass is 9.98. The summed E-state index contributed by atoms with van der Waals surface area (Å²) in [4.78, 5) is 5.32. The summed E-state index contributed by atoms with van der Waals surface area (Å²) in [6, 6.07) is 56.9. The molecule has 1 aliphatic rings. The summed E-state index contributed by atoms with van der Waals surface area (Å²) >= 11 is 0. The fraction of sp³-hybridized carbons (Fsp3) is 0.0426. The van der Waals surface area contributed by atoms with Crippen molar-refractivity contribution in [2.24, 2.45) is 0 Å². The molecule has 236 valence electrons. The highest BCUT2D eigenvalue weighted by Gasteiger charge is 2.18. The van der Waals surface area contributed by atoms with Gasteiger partial charge in [0.25, 0.3) is 0 Å². The van der Waals surface area contributed by atoms with Crippen molar-refractivity contribution in [1.82, 2.24) is 14.1 Å². The number of benzene rings is 6. The van der Waals surface area contributed by atoms with Crippen LogP contribution in [0.15, 0.2) is 176 Å². The van der Waals surface area contributed by atoms with Crippen LogP contribution in [0.1, 0.15) is 18.4 Å². The third-order valence-corrected chi connectivity index (χ3v) is 10.1. The minimum atomic E-state index is 0.926. The zero-order valence-electron chi connectivity index (χ0n) is 27.5. The Morgan fingerprint density at radius 3 is 1.66 bits per heavy atom. The number of nitrogens with zero attached hydrogens (tertiary/aromatic N) is 3. The van der Waals surface area contributed by atoms with Crippen LogP contribution in [-0.2, 0) is 0 Å². The number of para-hydroxylation sites is 3. The number of rotatable bonds is 5. The lowest BCUT2D eigenvalue weighted by molar-refractivity contribution is 1.04. The van der Waals surface area contributed by atoms with E-state index >= 15 is 0 Å². The van der Waals surface area contributed by atoms with Gasteiger partial charge in [-0.2, -0.15) is 0 Å². The summed E-state index contributed by atoms with van der Waals surface area (Å²) in [5.41, 5.74) is 12.8. The third kappa shape index (κ3) is 4.62. The fourth-order valence-corrected chi connectivity index (χ4v) is 7.79. The van der Waals surface area contributed by atoms with Crippen molar-refractivity contribution >= 4 is 49.2 Å². The van der Waals surface area contributed by atoms with Crippen LogP contribution in [-0.4, -0.2) is 14.1 Å². The molecule has 50 heavy (non-hydrogen) atoms. The van der Waals surface area contributed by atoms with Crippen LogP contribution < -0.4 is 0 Å². The van der Waals surface area contributed by atoms with E-state index in [2.05, 4.69) is 185 Å². The molecule has 0 fully saturated rings. The second-order valence-corrected chi connectivity index (χ2v) is 13.1. The molecule has 3 aromatic heterocycles. The number of hydrogen-bond acceptors (Lipinski definition) is 1. The molecular weight excluding hydrogens is 607 g/mol. The number of hydrogen-bond donors (Lipinski definition) is 0. The van der Waals surface area contributed by atoms with Gasteiger partial charge < -0.3 is 4.57 Å². The van der Waals surface area contributed by atoms with Crippen LogP contribution in [0.4, 0.5) is 0 Å². The molecule has 0 spiro atoms. The fourth-order valence-electron chi connectivity index (χ4n) is 7.79. The Morgan fingerprint density at radius 1 is 0.420 bits per heavy atom. The van der Waals surface area contributed by atoms with Gasteiger partial charge in [0.2, 0.25) is 0 Å². The highest BCUT2D eigenvalue weighted by molar-refractivity contribution is 6.12. The van der Waals surface area contributed by atoms with E-state index in [4.69, 9.17) is 4.98 Å². The Hall–Kier alpha value is -6.45. The van der Waals surface area contributed by atoms with Crippen LogP contribution in [0.3, 0.4) is 0 Å². The highest BCUT2D eigenvalue weighted by Crippen LogP contribution is 2.39. The number of pyridine rings is 1. The maximum atomic E-state index is 5.32. The van der Waals surface area contributed by atoms with Gasteiger partial charge >= 0.3 is 0 Å². The Morgan fingerprint density at radius 2 is 1.00 bits per heavy atom. The van der Waals surface area contributed by atoms with Gasteiger partial charge in [-0.25, -0.2) is 4.98 Å². The maximum absolute atomic E-state index is 5.32. The lowest BCUT2D eigenvalue weighted by Crippen LogP contribution is -2.01. The summed E-state index contributed by atoms with van der Waals surface area (Å²) in [6.45, 7) is 0. The van der Waals surface area contributed by atoms with Gasteiger partial charge in [-0.1, -0.05) is 115 Å². The first-order valence-electron chi connectivity index (χ1n) is 17.4. The van der Waals surface area contributed by atoms with Crippen LogP contribution in [0.2, 0.25) is 0 Å². The zero-order valence-corrected chi connectivity index (χ0v) is 27.5. The Bertz CT molecular complexity index is 2800. The molecule has 9 aromatic rings. The summed E-state index contributed by atoms with van der Waals surface area (Å²) in [6.07, 6.45) is 9.02. The van der Waals surface area contributed by atoms with Crippen LogP contribution >= 0.6 is 0 Å². The monoisotopic (exact) mass is 639 g/mol. The van der Waals surface area contributed by atoms with Gasteiger partial charge in [-0.05, 0) is 95.8 Å². The molecule has 3 nitrogen and oxygen atoms in total. The predicted octanol–water partition coefficient (Wildman–Crippen LogP) is 12.3. The second-order valence-electron chi connectivity index (χ2n) is 13.1. The standard InChI is InChI=1S/C47H33N3/c1-4-14-32(15-5-1)36-30-42(33-16-6-2-7-17-33)48-47(31-36)50-44-23-13-11-21-39(44)41-29-35(25-27-46(41)50)34-24-26-45-40(28-34)38-20-10-12-22-43(38)49(45)37-18-8-3-9-19-37/h2-4,6-31H,1,5H2. The average Bonchev–Trinajstić information content (AvgIpc) is 3.71. The highest BCUT2D eigenvalue weighted by atomic mass is 15.1. The average molecular weight is 640 g/mol. The van der Waals surface area contributed by atoms with Crippen molar-refractivity contribution in [3.05, 3.63) is 182 Å². The van der Waals surface area contributed by atoms with Crippen molar-refractivity contribution in [3.8, 4) is 33.9 Å². The molecule has 0 aliphatic heterocycles. The molecule has 0 radical (unpaired) electrons. The number of allylic oxidation sites excluding steroid dienone is 4. The molecular formula is C47H33N3. The van der Waals surface area contributed by atoms with Gasteiger partial charge in [0.1, 0.15) is 5.82 Å². The van der Waals surface area contributed by atoms with E-state index < -0.39 is 0 Å². The molecule has 0 unspecified atom stereocenters. The first-order valence-corrected chi connectivity index (χ1v) is 17.4. The minimum Gasteiger partial charge on any atom is -0.309 e. The van der Waals surface area contributed by atoms with E-state index in [1.54, 1.807) is 0 Å². The lowest BCUT2D eigenvalue weighted by Gasteiger charge is -2.14.